The van der Waals surface area contributed by atoms with E-state index in [2.05, 4.69) is 0 Å². The first-order valence-corrected chi connectivity index (χ1v) is 4.47. The van der Waals surface area contributed by atoms with Gasteiger partial charge in [-0.05, 0) is 6.92 Å². The molecule has 4 heteroatoms. The maximum Gasteiger partial charge on any atom is 0.308 e. The molecular weight excluding hydrogens is 172 g/mol. The molecular formula is C9H18O4. The summed E-state index contributed by atoms with van der Waals surface area (Å²) in [5.74, 6) is -0.324. The summed E-state index contributed by atoms with van der Waals surface area (Å²) < 4.78 is 9.95. The normalized spacial score (nSPS) is 13.0. The van der Waals surface area contributed by atoms with E-state index in [4.69, 9.17) is 14.6 Å². The Balaban J connectivity index is 3.31. The lowest BCUT2D eigenvalue weighted by Crippen LogP contribution is -2.19. The van der Waals surface area contributed by atoms with Crippen molar-refractivity contribution in [3.05, 3.63) is 0 Å². The Labute approximate surface area is 78.8 Å². The van der Waals surface area contributed by atoms with Crippen LogP contribution in [0.25, 0.3) is 0 Å². The topological polar surface area (TPSA) is 55.8 Å². The van der Waals surface area contributed by atoms with Crippen molar-refractivity contribution in [1.29, 1.82) is 0 Å². The van der Waals surface area contributed by atoms with E-state index in [-0.39, 0.29) is 31.2 Å². The number of aliphatic hydroxyl groups is 1. The van der Waals surface area contributed by atoms with E-state index >= 15 is 0 Å². The molecule has 0 heterocycles. The van der Waals surface area contributed by atoms with Crippen molar-refractivity contribution >= 4 is 5.97 Å². The van der Waals surface area contributed by atoms with Crippen molar-refractivity contribution < 1.29 is 19.4 Å². The highest BCUT2D eigenvalue weighted by atomic mass is 16.6. The molecule has 0 saturated carbocycles. The Hall–Kier alpha value is -0.610. The number of rotatable bonds is 6. The van der Waals surface area contributed by atoms with Crippen LogP contribution in [0, 0.1) is 5.92 Å². The molecule has 0 radical (unpaired) electrons. The lowest BCUT2D eigenvalue weighted by atomic mass is 10.2. The van der Waals surface area contributed by atoms with Crippen molar-refractivity contribution in [2.45, 2.75) is 26.9 Å². The standard InChI is InChI=1S/C9H18O4/c1-7(2)9(11)13-5-4-12-8(3)6-10/h7-8,10H,4-6H2,1-3H3. The lowest BCUT2D eigenvalue weighted by molar-refractivity contribution is -0.149. The number of carbonyl (C=O) groups is 1. The molecule has 1 N–H and O–H groups in total. The van der Waals surface area contributed by atoms with E-state index in [1.807, 2.05) is 0 Å². The van der Waals surface area contributed by atoms with Gasteiger partial charge in [0.15, 0.2) is 0 Å². The zero-order valence-corrected chi connectivity index (χ0v) is 8.45. The van der Waals surface area contributed by atoms with Gasteiger partial charge in [0.25, 0.3) is 0 Å². The molecule has 13 heavy (non-hydrogen) atoms. The minimum atomic E-state index is -0.222. The second kappa shape index (κ2) is 6.86. The van der Waals surface area contributed by atoms with Crippen LogP contribution in [-0.2, 0) is 14.3 Å². The molecule has 0 spiro atoms. The predicted molar refractivity (Wildman–Crippen MR) is 48.3 cm³/mol. The molecule has 0 aromatic carbocycles. The second-order valence-electron chi connectivity index (χ2n) is 3.19. The maximum absolute atomic E-state index is 10.9. The fourth-order valence-electron chi connectivity index (χ4n) is 0.611. The van der Waals surface area contributed by atoms with Crippen LogP contribution in [0.3, 0.4) is 0 Å². The van der Waals surface area contributed by atoms with Gasteiger partial charge in [-0.15, -0.1) is 0 Å². The molecule has 1 atom stereocenters. The molecule has 0 aliphatic rings. The fourth-order valence-corrected chi connectivity index (χ4v) is 0.611. The van der Waals surface area contributed by atoms with Gasteiger partial charge in [-0.25, -0.2) is 0 Å². The highest BCUT2D eigenvalue weighted by Crippen LogP contribution is 1.96. The summed E-state index contributed by atoms with van der Waals surface area (Å²) in [6.07, 6.45) is -0.197. The van der Waals surface area contributed by atoms with Gasteiger partial charge in [0.05, 0.1) is 25.2 Å². The summed E-state index contributed by atoms with van der Waals surface area (Å²) in [5, 5.41) is 8.60. The first-order chi connectivity index (χ1) is 6.07. The number of hydrogen-bond acceptors (Lipinski definition) is 4. The third-order valence-corrected chi connectivity index (χ3v) is 1.46. The van der Waals surface area contributed by atoms with Crippen LogP contribution in [0.5, 0.6) is 0 Å². The summed E-state index contributed by atoms with van der Waals surface area (Å²) in [7, 11) is 0. The number of esters is 1. The van der Waals surface area contributed by atoms with E-state index in [1.54, 1.807) is 20.8 Å². The fraction of sp³-hybridized carbons (Fsp3) is 0.889. The third kappa shape index (κ3) is 6.54. The average Bonchev–Trinajstić information content (AvgIpc) is 2.11. The van der Waals surface area contributed by atoms with Gasteiger partial charge in [0.2, 0.25) is 0 Å². The Morgan fingerprint density at radius 2 is 1.92 bits per heavy atom. The summed E-state index contributed by atoms with van der Waals surface area (Å²) in [6, 6.07) is 0. The highest BCUT2D eigenvalue weighted by Gasteiger charge is 2.07. The highest BCUT2D eigenvalue weighted by molar-refractivity contribution is 5.71. The SMILES string of the molecule is CC(CO)OCCOC(=O)C(C)C. The number of ether oxygens (including phenoxy) is 2. The molecule has 0 aliphatic carbocycles. The van der Waals surface area contributed by atoms with Gasteiger partial charge in [-0.1, -0.05) is 13.8 Å². The zero-order valence-electron chi connectivity index (χ0n) is 8.45. The van der Waals surface area contributed by atoms with Crippen LogP contribution in [0.15, 0.2) is 0 Å². The molecule has 0 amide bonds. The van der Waals surface area contributed by atoms with Crippen LogP contribution >= 0.6 is 0 Å². The van der Waals surface area contributed by atoms with Crippen molar-refractivity contribution in [3.8, 4) is 0 Å². The Morgan fingerprint density at radius 3 is 2.38 bits per heavy atom. The van der Waals surface area contributed by atoms with Crippen LogP contribution in [-0.4, -0.2) is 37.0 Å². The van der Waals surface area contributed by atoms with Crippen molar-refractivity contribution in [2.24, 2.45) is 5.92 Å². The molecule has 4 nitrogen and oxygen atoms in total. The van der Waals surface area contributed by atoms with Gasteiger partial charge in [0, 0.05) is 0 Å². The van der Waals surface area contributed by atoms with E-state index in [1.165, 1.54) is 0 Å². The minimum absolute atomic E-state index is 0.0157. The van der Waals surface area contributed by atoms with Gasteiger partial charge < -0.3 is 14.6 Å². The molecule has 78 valence electrons. The van der Waals surface area contributed by atoms with Gasteiger partial charge in [-0.2, -0.15) is 0 Å². The van der Waals surface area contributed by atoms with Gasteiger partial charge >= 0.3 is 5.97 Å². The van der Waals surface area contributed by atoms with E-state index in [9.17, 15) is 4.79 Å². The Kier molecular flexibility index (Phi) is 6.54. The van der Waals surface area contributed by atoms with Crippen LogP contribution in [0.4, 0.5) is 0 Å². The number of carbonyl (C=O) groups excluding carboxylic acids is 1. The number of aliphatic hydroxyl groups excluding tert-OH is 1. The number of hydrogen-bond donors (Lipinski definition) is 1. The molecule has 0 aliphatic heterocycles. The quantitative estimate of drug-likeness (QED) is 0.492. The monoisotopic (exact) mass is 190 g/mol. The third-order valence-electron chi connectivity index (χ3n) is 1.46. The van der Waals surface area contributed by atoms with Crippen LogP contribution < -0.4 is 0 Å². The molecule has 0 fully saturated rings. The first-order valence-electron chi connectivity index (χ1n) is 4.47. The van der Waals surface area contributed by atoms with E-state index in [0.29, 0.717) is 6.61 Å². The van der Waals surface area contributed by atoms with Crippen molar-refractivity contribution in [3.63, 3.8) is 0 Å². The Morgan fingerprint density at radius 1 is 1.31 bits per heavy atom. The van der Waals surface area contributed by atoms with E-state index in [0.717, 1.165) is 0 Å². The van der Waals surface area contributed by atoms with Crippen LogP contribution in [0.1, 0.15) is 20.8 Å². The van der Waals surface area contributed by atoms with Crippen molar-refractivity contribution in [1.82, 2.24) is 0 Å². The molecule has 0 bridgehead atoms. The average molecular weight is 190 g/mol. The smallest absolute Gasteiger partial charge is 0.308 e. The van der Waals surface area contributed by atoms with Crippen LogP contribution in [0.2, 0.25) is 0 Å². The molecule has 0 aromatic rings. The lowest BCUT2D eigenvalue weighted by Gasteiger charge is -2.10. The molecule has 0 saturated heterocycles. The molecule has 0 rings (SSSR count). The summed E-state index contributed by atoms with van der Waals surface area (Å²) >= 11 is 0. The van der Waals surface area contributed by atoms with Crippen molar-refractivity contribution in [2.75, 3.05) is 19.8 Å². The second-order valence-corrected chi connectivity index (χ2v) is 3.19. The first kappa shape index (κ1) is 12.4. The Bertz CT molecular complexity index is 145. The van der Waals surface area contributed by atoms with Gasteiger partial charge in [0.1, 0.15) is 6.61 Å². The summed E-state index contributed by atoms with van der Waals surface area (Å²) in [4.78, 5) is 10.9. The van der Waals surface area contributed by atoms with E-state index < -0.39 is 0 Å². The zero-order chi connectivity index (χ0) is 10.3. The molecule has 1 unspecified atom stereocenters. The summed E-state index contributed by atoms with van der Waals surface area (Å²) in [6.45, 7) is 5.88. The summed E-state index contributed by atoms with van der Waals surface area (Å²) in [5.41, 5.74) is 0. The largest absolute Gasteiger partial charge is 0.463 e. The predicted octanol–water partition coefficient (Wildman–Crippen LogP) is 0.583. The molecule has 0 aromatic heterocycles. The van der Waals surface area contributed by atoms with Gasteiger partial charge in [-0.3, -0.25) is 4.79 Å². The minimum Gasteiger partial charge on any atom is -0.463 e. The maximum atomic E-state index is 10.9.